The first-order valence-electron chi connectivity index (χ1n) is 13.6. The maximum atomic E-state index is 13.5. The number of benzene rings is 2. The van der Waals surface area contributed by atoms with Crippen molar-refractivity contribution in [2.75, 3.05) is 36.5 Å². The van der Waals surface area contributed by atoms with Crippen LogP contribution in [0.2, 0.25) is 0 Å². The number of hydrogen-bond acceptors (Lipinski definition) is 5. The van der Waals surface area contributed by atoms with E-state index < -0.39 is 51.9 Å². The van der Waals surface area contributed by atoms with E-state index in [0.717, 1.165) is 16.0 Å². The number of likely N-dealkylation sites (N-methyl/N-ethyl adjacent to an activating group) is 1. The quantitative estimate of drug-likeness (QED) is 0.332. The van der Waals surface area contributed by atoms with Crippen molar-refractivity contribution in [2.45, 2.75) is 50.6 Å². The number of nitrogens with zero attached hydrogens (tertiary/aromatic N) is 3. The Bertz CT molecular complexity index is 1440. The fraction of sp³-hybridized carbons (Fsp3) is 0.419. The average Bonchev–Trinajstić information content (AvgIpc) is 2.95. The van der Waals surface area contributed by atoms with Gasteiger partial charge in [-0.2, -0.15) is 26.3 Å². The number of anilines is 2. The number of halogens is 6. The molecule has 43 heavy (non-hydrogen) atoms. The summed E-state index contributed by atoms with van der Waals surface area (Å²) in [5.74, 6) is -0.735. The molecule has 2 atom stereocenters. The van der Waals surface area contributed by atoms with Crippen LogP contribution in [0.25, 0.3) is 0 Å². The Kier molecular flexibility index (Phi) is 8.60. The summed E-state index contributed by atoms with van der Waals surface area (Å²) in [5, 5.41) is 21.7. The van der Waals surface area contributed by atoms with Crippen LogP contribution in [0.1, 0.15) is 48.1 Å². The highest BCUT2D eigenvalue weighted by atomic mass is 19.4. The van der Waals surface area contributed by atoms with Crippen LogP contribution < -0.4 is 9.80 Å². The number of pyridine rings is 1. The highest BCUT2D eigenvalue weighted by Crippen LogP contribution is 2.41. The third kappa shape index (κ3) is 6.35. The van der Waals surface area contributed by atoms with Crippen LogP contribution in [0, 0.1) is 12.8 Å². The van der Waals surface area contributed by atoms with Crippen LogP contribution in [0.4, 0.5) is 37.8 Å². The molecule has 1 fully saturated rings. The average molecular weight is 610 g/mol. The van der Waals surface area contributed by atoms with Gasteiger partial charge < -0.3 is 20.0 Å². The minimum Gasteiger partial charge on any atom is -0.396 e. The lowest BCUT2D eigenvalue weighted by Crippen LogP contribution is -2.52. The molecule has 0 saturated carbocycles. The number of piperidine rings is 1. The topological polar surface area (TPSA) is 76.9 Å². The first-order valence-corrected chi connectivity index (χ1v) is 13.6. The van der Waals surface area contributed by atoms with Crippen molar-refractivity contribution in [3.8, 4) is 0 Å². The maximum Gasteiger partial charge on any atom is 0.416 e. The van der Waals surface area contributed by atoms with Gasteiger partial charge in [-0.1, -0.05) is 24.3 Å². The molecule has 12 heteroatoms. The molecule has 1 amide bonds. The van der Waals surface area contributed by atoms with E-state index >= 15 is 0 Å². The van der Waals surface area contributed by atoms with Gasteiger partial charge in [0.05, 0.1) is 40.6 Å². The second-order valence-electron chi connectivity index (χ2n) is 11.5. The summed E-state index contributed by atoms with van der Waals surface area (Å²) >= 11 is 0. The molecule has 4 rings (SSSR count). The van der Waals surface area contributed by atoms with Gasteiger partial charge >= 0.3 is 12.4 Å². The predicted molar refractivity (Wildman–Crippen MR) is 150 cm³/mol. The molecule has 2 heterocycles. The van der Waals surface area contributed by atoms with Crippen molar-refractivity contribution in [3.05, 3.63) is 88.6 Å². The largest absolute Gasteiger partial charge is 0.416 e. The second kappa shape index (κ2) is 11.5. The van der Waals surface area contributed by atoms with E-state index in [2.05, 4.69) is 4.98 Å². The van der Waals surface area contributed by atoms with Crippen molar-refractivity contribution in [1.29, 1.82) is 0 Å². The van der Waals surface area contributed by atoms with Gasteiger partial charge in [-0.15, -0.1) is 0 Å². The number of carbonyl (C=O) groups excluding carboxylic acids is 1. The van der Waals surface area contributed by atoms with Gasteiger partial charge in [-0.05, 0) is 74.2 Å². The van der Waals surface area contributed by atoms with Gasteiger partial charge in [0.1, 0.15) is 5.82 Å². The summed E-state index contributed by atoms with van der Waals surface area (Å²) in [6, 6.07) is 11.8. The molecule has 0 radical (unpaired) electrons. The number of carbonyl (C=O) groups is 1. The van der Waals surface area contributed by atoms with E-state index in [0.29, 0.717) is 37.5 Å². The lowest BCUT2D eigenvalue weighted by molar-refractivity contribution is -0.143. The molecular formula is C31H33F6N3O3. The molecule has 1 aliphatic rings. The standard InChI is InChI=1S/C31H33F6N3O3/c1-19-7-5-6-8-25(19)29(43)11-12-40(17-23(29)18-41)26-10-9-24(16-38-26)39(4)27(42)28(2,3)20-13-21(30(32,33)34)15-22(14-20)31(35,36)37/h5-10,13-16,23,41,43H,11-12,17-18H2,1-4H3. The summed E-state index contributed by atoms with van der Waals surface area (Å²) in [7, 11) is 1.37. The molecule has 1 aliphatic heterocycles. The summed E-state index contributed by atoms with van der Waals surface area (Å²) in [4.78, 5) is 20.9. The van der Waals surface area contributed by atoms with E-state index in [1.54, 1.807) is 12.1 Å². The smallest absolute Gasteiger partial charge is 0.396 e. The van der Waals surface area contributed by atoms with Crippen LogP contribution in [0.15, 0.2) is 60.8 Å². The number of rotatable bonds is 6. The number of aliphatic hydroxyl groups is 2. The highest BCUT2D eigenvalue weighted by molar-refractivity contribution is 6.00. The summed E-state index contributed by atoms with van der Waals surface area (Å²) in [6.07, 6.45) is -8.37. The zero-order valence-corrected chi connectivity index (χ0v) is 24.1. The van der Waals surface area contributed by atoms with Crippen LogP contribution in [0.3, 0.4) is 0 Å². The van der Waals surface area contributed by atoms with E-state index in [1.807, 2.05) is 36.1 Å². The molecule has 232 valence electrons. The van der Waals surface area contributed by atoms with Crippen LogP contribution in [-0.4, -0.2) is 47.8 Å². The fourth-order valence-corrected chi connectivity index (χ4v) is 5.59. The van der Waals surface area contributed by atoms with Gasteiger partial charge in [-0.3, -0.25) is 4.79 Å². The van der Waals surface area contributed by atoms with Crippen LogP contribution in [-0.2, 0) is 28.2 Å². The van der Waals surface area contributed by atoms with E-state index in [-0.39, 0.29) is 18.4 Å². The van der Waals surface area contributed by atoms with Gasteiger partial charge in [-0.25, -0.2) is 4.98 Å². The summed E-state index contributed by atoms with van der Waals surface area (Å²) in [5.41, 5.74) is -4.47. The van der Waals surface area contributed by atoms with E-state index in [4.69, 9.17) is 0 Å². The number of aromatic nitrogens is 1. The third-order valence-corrected chi connectivity index (χ3v) is 8.30. The lowest BCUT2D eigenvalue weighted by Gasteiger charge is -2.45. The fourth-order valence-electron chi connectivity index (χ4n) is 5.59. The minimum absolute atomic E-state index is 0.0280. The van der Waals surface area contributed by atoms with Crippen LogP contribution in [0.5, 0.6) is 0 Å². The van der Waals surface area contributed by atoms with Crippen molar-refractivity contribution in [2.24, 2.45) is 5.92 Å². The Morgan fingerprint density at radius 1 is 1.00 bits per heavy atom. The second-order valence-corrected chi connectivity index (χ2v) is 11.5. The number of amides is 1. The van der Waals surface area contributed by atoms with Crippen molar-refractivity contribution >= 4 is 17.4 Å². The molecule has 1 saturated heterocycles. The minimum atomic E-state index is -5.04. The lowest BCUT2D eigenvalue weighted by atomic mass is 9.75. The number of aliphatic hydroxyl groups excluding tert-OH is 1. The summed E-state index contributed by atoms with van der Waals surface area (Å²) in [6.45, 7) is 4.88. The molecule has 0 bridgehead atoms. The van der Waals surface area contributed by atoms with E-state index in [9.17, 15) is 41.4 Å². The van der Waals surface area contributed by atoms with Crippen LogP contribution >= 0.6 is 0 Å². The van der Waals surface area contributed by atoms with Gasteiger partial charge in [0.25, 0.3) is 0 Å². The molecule has 2 aromatic carbocycles. The maximum absolute atomic E-state index is 13.5. The number of alkyl halides is 6. The normalized spacial score (nSPS) is 19.8. The summed E-state index contributed by atoms with van der Waals surface area (Å²) < 4.78 is 80.6. The molecule has 0 spiro atoms. The SMILES string of the molecule is Cc1ccccc1C1(O)CCN(c2ccc(N(C)C(=O)C(C)(C)c3cc(C(F)(F)F)cc(C(F)(F)F)c3)cn2)CC1CO. The molecule has 0 aliphatic carbocycles. The first kappa shape index (κ1) is 32.3. The third-order valence-electron chi connectivity index (χ3n) is 8.30. The van der Waals surface area contributed by atoms with Crippen molar-refractivity contribution in [3.63, 3.8) is 0 Å². The Balaban J connectivity index is 1.55. The molecule has 6 nitrogen and oxygen atoms in total. The molecule has 3 aromatic rings. The monoisotopic (exact) mass is 609 g/mol. The predicted octanol–water partition coefficient (Wildman–Crippen LogP) is 6.07. The molecule has 1 aromatic heterocycles. The van der Waals surface area contributed by atoms with Crippen molar-refractivity contribution < 1.29 is 41.4 Å². The van der Waals surface area contributed by atoms with Gasteiger partial charge in [0.2, 0.25) is 5.91 Å². The zero-order valence-electron chi connectivity index (χ0n) is 24.1. The van der Waals surface area contributed by atoms with Gasteiger partial charge in [0, 0.05) is 26.1 Å². The Labute approximate surface area is 245 Å². The Morgan fingerprint density at radius 2 is 1.58 bits per heavy atom. The molecule has 2 N–H and O–H groups in total. The van der Waals surface area contributed by atoms with E-state index in [1.165, 1.54) is 27.1 Å². The number of aryl methyl sites for hydroxylation is 1. The Morgan fingerprint density at radius 3 is 2.09 bits per heavy atom. The number of hydrogen-bond donors (Lipinski definition) is 2. The molecular weight excluding hydrogens is 576 g/mol. The molecule has 2 unspecified atom stereocenters. The van der Waals surface area contributed by atoms with Crippen molar-refractivity contribution in [1.82, 2.24) is 4.98 Å². The van der Waals surface area contributed by atoms with Gasteiger partial charge in [0.15, 0.2) is 0 Å². The Hall–Kier alpha value is -3.64. The first-order chi connectivity index (χ1) is 19.9. The zero-order chi connectivity index (χ0) is 32.0. The highest BCUT2D eigenvalue weighted by Gasteiger charge is 2.44.